The molecule has 0 spiro atoms. The van der Waals surface area contributed by atoms with E-state index in [-0.39, 0.29) is 23.8 Å². The number of amides is 1. The van der Waals surface area contributed by atoms with Gasteiger partial charge >= 0.3 is 5.97 Å². The minimum absolute atomic E-state index is 0.0864. The first-order chi connectivity index (χ1) is 9.92. The fourth-order valence-electron chi connectivity index (χ4n) is 2.71. The number of likely N-dealkylation sites (tertiary alicyclic amines) is 1. The van der Waals surface area contributed by atoms with Crippen molar-refractivity contribution in [3.8, 4) is 5.75 Å². The van der Waals surface area contributed by atoms with Crippen LogP contribution in [-0.4, -0.2) is 42.1 Å². The number of aliphatic carboxylic acids is 1. The zero-order valence-corrected chi connectivity index (χ0v) is 12.0. The van der Waals surface area contributed by atoms with Gasteiger partial charge in [-0.25, -0.2) is 4.39 Å². The van der Waals surface area contributed by atoms with Crippen LogP contribution in [0.1, 0.15) is 23.7 Å². The first kappa shape index (κ1) is 15.3. The Morgan fingerprint density at radius 3 is 2.71 bits per heavy atom. The van der Waals surface area contributed by atoms with Gasteiger partial charge < -0.3 is 14.7 Å². The number of benzene rings is 1. The summed E-state index contributed by atoms with van der Waals surface area (Å²) in [6.45, 7) is 2.50. The van der Waals surface area contributed by atoms with Crippen molar-refractivity contribution >= 4 is 11.9 Å². The maximum Gasteiger partial charge on any atom is 0.308 e. The molecule has 1 heterocycles. The van der Waals surface area contributed by atoms with Crippen LogP contribution >= 0.6 is 0 Å². The lowest BCUT2D eigenvalue weighted by Crippen LogP contribution is -2.45. The number of halogens is 1. The molecule has 6 heteroatoms. The van der Waals surface area contributed by atoms with Crippen LogP contribution in [0.4, 0.5) is 4.39 Å². The Morgan fingerprint density at radius 2 is 2.10 bits per heavy atom. The maximum absolute atomic E-state index is 13.4. The average molecular weight is 295 g/mol. The minimum Gasteiger partial charge on any atom is -0.496 e. The molecule has 0 saturated carbocycles. The molecule has 1 N–H and O–H groups in total. The Labute approximate surface area is 122 Å². The molecule has 1 aliphatic heterocycles. The number of ether oxygens (including phenoxy) is 1. The van der Waals surface area contributed by atoms with Crippen molar-refractivity contribution in [1.82, 2.24) is 4.90 Å². The predicted molar refractivity (Wildman–Crippen MR) is 73.8 cm³/mol. The fourth-order valence-corrected chi connectivity index (χ4v) is 2.71. The fraction of sp³-hybridized carbons (Fsp3) is 0.467. The van der Waals surface area contributed by atoms with Crippen LogP contribution in [0.3, 0.4) is 0 Å². The molecule has 0 aliphatic carbocycles. The molecule has 1 aliphatic rings. The predicted octanol–water partition coefficient (Wildman–Crippen LogP) is 2.02. The summed E-state index contributed by atoms with van der Waals surface area (Å²) in [5.74, 6) is -2.05. The molecule has 21 heavy (non-hydrogen) atoms. The Balaban J connectivity index is 2.26. The number of carbonyl (C=O) groups is 2. The summed E-state index contributed by atoms with van der Waals surface area (Å²) in [6, 6.07) is 3.73. The summed E-state index contributed by atoms with van der Waals surface area (Å²) in [7, 11) is 1.41. The first-order valence-electron chi connectivity index (χ1n) is 6.78. The number of carbonyl (C=O) groups excluding carboxylic acids is 1. The average Bonchev–Trinajstić information content (AvgIpc) is 2.45. The number of nitrogens with zero attached hydrogens (tertiary/aromatic N) is 1. The van der Waals surface area contributed by atoms with Crippen LogP contribution in [0, 0.1) is 17.7 Å². The summed E-state index contributed by atoms with van der Waals surface area (Å²) in [6.07, 6.45) is 0.541. The van der Waals surface area contributed by atoms with Gasteiger partial charge in [0.25, 0.3) is 5.91 Å². The SMILES string of the molecule is COc1ccc(F)cc1C(=O)N1CC(C)CC(C(=O)O)C1. The van der Waals surface area contributed by atoms with E-state index < -0.39 is 23.6 Å². The highest BCUT2D eigenvalue weighted by atomic mass is 19.1. The van der Waals surface area contributed by atoms with E-state index in [0.717, 1.165) is 6.07 Å². The van der Waals surface area contributed by atoms with E-state index in [1.54, 1.807) is 0 Å². The quantitative estimate of drug-likeness (QED) is 0.926. The standard InChI is InChI=1S/C15H18FNO4/c1-9-5-10(15(19)20)8-17(7-9)14(18)12-6-11(16)3-4-13(12)21-2/h3-4,6,9-10H,5,7-8H2,1-2H3,(H,19,20). The van der Waals surface area contributed by atoms with Crippen molar-refractivity contribution < 1.29 is 23.8 Å². The van der Waals surface area contributed by atoms with E-state index in [0.29, 0.717) is 13.0 Å². The number of piperidine rings is 1. The van der Waals surface area contributed by atoms with Gasteiger partial charge in [0.1, 0.15) is 11.6 Å². The van der Waals surface area contributed by atoms with Crippen molar-refractivity contribution in [3.63, 3.8) is 0 Å². The van der Waals surface area contributed by atoms with Gasteiger partial charge in [-0.1, -0.05) is 6.92 Å². The van der Waals surface area contributed by atoms with Crippen LogP contribution in [-0.2, 0) is 4.79 Å². The van der Waals surface area contributed by atoms with Crippen LogP contribution < -0.4 is 4.74 Å². The summed E-state index contributed by atoms with van der Waals surface area (Å²) in [5.41, 5.74) is 0.121. The van der Waals surface area contributed by atoms with E-state index in [9.17, 15) is 14.0 Å². The zero-order valence-electron chi connectivity index (χ0n) is 12.0. The topological polar surface area (TPSA) is 66.8 Å². The molecule has 2 atom stereocenters. The summed E-state index contributed by atoms with van der Waals surface area (Å²) < 4.78 is 18.5. The van der Waals surface area contributed by atoms with Gasteiger partial charge in [0.15, 0.2) is 0 Å². The molecule has 1 saturated heterocycles. The number of carboxylic acid groups (broad SMARTS) is 1. The molecule has 1 aromatic rings. The van der Waals surface area contributed by atoms with Gasteiger partial charge in [0.2, 0.25) is 0 Å². The van der Waals surface area contributed by atoms with Crippen LogP contribution in [0.15, 0.2) is 18.2 Å². The smallest absolute Gasteiger partial charge is 0.308 e. The van der Waals surface area contributed by atoms with Crippen molar-refractivity contribution in [2.45, 2.75) is 13.3 Å². The second kappa shape index (κ2) is 6.11. The lowest BCUT2D eigenvalue weighted by molar-refractivity contribution is -0.143. The highest BCUT2D eigenvalue weighted by Gasteiger charge is 2.33. The zero-order chi connectivity index (χ0) is 15.6. The molecule has 2 unspecified atom stereocenters. The Bertz CT molecular complexity index is 561. The lowest BCUT2D eigenvalue weighted by atomic mass is 9.90. The molecule has 0 aromatic heterocycles. The van der Waals surface area contributed by atoms with E-state index in [1.807, 2.05) is 6.92 Å². The van der Waals surface area contributed by atoms with Gasteiger partial charge in [-0.2, -0.15) is 0 Å². The molecule has 1 aromatic carbocycles. The van der Waals surface area contributed by atoms with Gasteiger partial charge in [-0.3, -0.25) is 9.59 Å². The summed E-state index contributed by atoms with van der Waals surface area (Å²) in [5, 5.41) is 9.15. The van der Waals surface area contributed by atoms with E-state index in [4.69, 9.17) is 9.84 Å². The molecule has 1 amide bonds. The maximum atomic E-state index is 13.4. The van der Waals surface area contributed by atoms with Gasteiger partial charge in [0.05, 0.1) is 18.6 Å². The monoisotopic (exact) mass is 295 g/mol. The normalized spacial score (nSPS) is 22.0. The largest absolute Gasteiger partial charge is 0.496 e. The van der Waals surface area contributed by atoms with Crippen molar-refractivity contribution in [2.75, 3.05) is 20.2 Å². The Kier molecular flexibility index (Phi) is 4.45. The molecular formula is C15H18FNO4. The number of hydrogen-bond acceptors (Lipinski definition) is 3. The second-order valence-electron chi connectivity index (χ2n) is 5.43. The number of rotatable bonds is 3. The number of methoxy groups -OCH3 is 1. The third kappa shape index (κ3) is 3.32. The highest BCUT2D eigenvalue weighted by molar-refractivity contribution is 5.97. The molecule has 2 rings (SSSR count). The van der Waals surface area contributed by atoms with Crippen LogP contribution in [0.25, 0.3) is 0 Å². The summed E-state index contributed by atoms with van der Waals surface area (Å²) in [4.78, 5) is 25.2. The van der Waals surface area contributed by atoms with Crippen molar-refractivity contribution in [3.05, 3.63) is 29.6 Å². The minimum atomic E-state index is -0.912. The second-order valence-corrected chi connectivity index (χ2v) is 5.43. The lowest BCUT2D eigenvalue weighted by Gasteiger charge is -2.34. The number of carboxylic acids is 1. The third-order valence-electron chi connectivity index (χ3n) is 3.69. The van der Waals surface area contributed by atoms with E-state index >= 15 is 0 Å². The molecule has 5 nitrogen and oxygen atoms in total. The summed E-state index contributed by atoms with van der Waals surface area (Å²) >= 11 is 0. The molecule has 114 valence electrons. The Morgan fingerprint density at radius 1 is 1.38 bits per heavy atom. The van der Waals surface area contributed by atoms with Crippen LogP contribution in [0.5, 0.6) is 5.75 Å². The van der Waals surface area contributed by atoms with E-state index in [1.165, 1.54) is 24.1 Å². The molecule has 0 radical (unpaired) electrons. The van der Waals surface area contributed by atoms with Gasteiger partial charge in [-0.05, 0) is 30.5 Å². The highest BCUT2D eigenvalue weighted by Crippen LogP contribution is 2.26. The van der Waals surface area contributed by atoms with Crippen molar-refractivity contribution in [1.29, 1.82) is 0 Å². The van der Waals surface area contributed by atoms with E-state index in [2.05, 4.69) is 0 Å². The number of hydrogen-bond donors (Lipinski definition) is 1. The van der Waals surface area contributed by atoms with Gasteiger partial charge in [-0.15, -0.1) is 0 Å². The Hall–Kier alpha value is -2.11. The van der Waals surface area contributed by atoms with Gasteiger partial charge in [0, 0.05) is 13.1 Å². The molecule has 1 fully saturated rings. The van der Waals surface area contributed by atoms with Crippen LogP contribution in [0.2, 0.25) is 0 Å². The molecular weight excluding hydrogens is 277 g/mol. The molecule has 0 bridgehead atoms. The third-order valence-corrected chi connectivity index (χ3v) is 3.69. The first-order valence-corrected chi connectivity index (χ1v) is 6.78. The van der Waals surface area contributed by atoms with Crippen molar-refractivity contribution in [2.24, 2.45) is 11.8 Å².